The molecule has 1 aliphatic rings. The molecular weight excluding hydrogens is 427 g/mol. The Balaban J connectivity index is 1.63. The van der Waals surface area contributed by atoms with Gasteiger partial charge >= 0.3 is 0 Å². The molecule has 9 nitrogen and oxygen atoms in total. The third kappa shape index (κ3) is 3.86. The minimum Gasteiger partial charge on any atom is -0.480 e. The number of aliphatic imine (C=N–C) groups is 1. The van der Waals surface area contributed by atoms with E-state index in [4.69, 9.17) is 10.5 Å². The van der Waals surface area contributed by atoms with Gasteiger partial charge in [0, 0.05) is 11.3 Å². The number of halogens is 3. The number of fused-ring (bicyclic) bond motifs is 1. The first-order valence-electron chi connectivity index (χ1n) is 9.39. The summed E-state index contributed by atoms with van der Waals surface area (Å²) >= 11 is 0. The van der Waals surface area contributed by atoms with Gasteiger partial charge in [0.05, 0.1) is 26.0 Å². The first-order chi connectivity index (χ1) is 15.2. The molecule has 2 aromatic heterocycles. The summed E-state index contributed by atoms with van der Waals surface area (Å²) in [6, 6.07) is 5.11. The zero-order valence-electron chi connectivity index (χ0n) is 17.0. The number of aromatic nitrogens is 4. The van der Waals surface area contributed by atoms with Crippen molar-refractivity contribution < 1.29 is 22.7 Å². The second-order valence-corrected chi connectivity index (χ2v) is 7.28. The number of rotatable bonds is 5. The van der Waals surface area contributed by atoms with Gasteiger partial charge < -0.3 is 15.8 Å². The second kappa shape index (κ2) is 7.94. The van der Waals surface area contributed by atoms with Gasteiger partial charge in [-0.05, 0) is 31.2 Å². The molecule has 0 saturated carbocycles. The maximum Gasteiger partial charge on any atom is 0.282 e. The Hall–Kier alpha value is -3.96. The fraction of sp³-hybridized carbons (Fsp3) is 0.250. The van der Waals surface area contributed by atoms with E-state index in [9.17, 15) is 18.0 Å². The number of hydrogen-bond donors (Lipinski definition) is 2. The lowest BCUT2D eigenvalue weighted by Crippen LogP contribution is -2.38. The van der Waals surface area contributed by atoms with Crippen molar-refractivity contribution in [3.8, 4) is 5.88 Å². The minimum absolute atomic E-state index is 0.0198. The molecular formula is C20H18F3N7O2. The SMILES string of the molecule is COc1cnc(C(=O)Nc2ccc(F)c([C@]3(C)Cn4nc(C(F)F)cc4C(N)=N3)c2)cn1. The molecule has 3 N–H and O–H groups in total. The molecule has 0 saturated heterocycles. The lowest BCUT2D eigenvalue weighted by molar-refractivity contribution is 0.102. The summed E-state index contributed by atoms with van der Waals surface area (Å²) in [5.41, 5.74) is 4.94. The fourth-order valence-electron chi connectivity index (χ4n) is 3.42. The second-order valence-electron chi connectivity index (χ2n) is 7.28. The van der Waals surface area contributed by atoms with Crippen LogP contribution in [-0.4, -0.2) is 38.6 Å². The highest BCUT2D eigenvalue weighted by molar-refractivity contribution is 6.02. The van der Waals surface area contributed by atoms with E-state index < -0.39 is 29.4 Å². The Labute approximate surface area is 180 Å². The minimum atomic E-state index is -2.77. The van der Waals surface area contributed by atoms with Crippen LogP contribution in [0.2, 0.25) is 0 Å². The largest absolute Gasteiger partial charge is 0.480 e. The molecule has 1 aromatic carbocycles. The third-order valence-corrected chi connectivity index (χ3v) is 4.98. The van der Waals surface area contributed by atoms with Crippen LogP contribution in [0.3, 0.4) is 0 Å². The van der Waals surface area contributed by atoms with E-state index in [1.165, 1.54) is 42.4 Å². The number of ether oxygens (including phenoxy) is 1. The Morgan fingerprint density at radius 1 is 1.28 bits per heavy atom. The molecule has 166 valence electrons. The number of benzene rings is 1. The molecule has 1 aliphatic heterocycles. The third-order valence-electron chi connectivity index (χ3n) is 4.98. The van der Waals surface area contributed by atoms with E-state index in [-0.39, 0.29) is 40.9 Å². The van der Waals surface area contributed by atoms with E-state index in [0.29, 0.717) is 0 Å². The number of methoxy groups -OCH3 is 1. The molecule has 0 bridgehead atoms. The van der Waals surface area contributed by atoms with Gasteiger partial charge in [-0.3, -0.25) is 14.5 Å². The highest BCUT2D eigenvalue weighted by Crippen LogP contribution is 2.35. The predicted octanol–water partition coefficient (Wildman–Crippen LogP) is 2.65. The molecule has 0 fully saturated rings. The number of nitrogens with zero attached hydrogens (tertiary/aromatic N) is 5. The van der Waals surface area contributed by atoms with E-state index >= 15 is 0 Å². The van der Waals surface area contributed by atoms with Gasteiger partial charge in [0.15, 0.2) is 0 Å². The van der Waals surface area contributed by atoms with Crippen LogP contribution in [0.15, 0.2) is 41.7 Å². The molecule has 1 atom stereocenters. The van der Waals surface area contributed by atoms with Gasteiger partial charge in [0.2, 0.25) is 5.88 Å². The molecule has 4 rings (SSSR count). The van der Waals surface area contributed by atoms with Crippen LogP contribution in [0.1, 0.15) is 40.8 Å². The number of anilines is 1. The fourth-order valence-corrected chi connectivity index (χ4v) is 3.42. The quantitative estimate of drug-likeness (QED) is 0.623. The summed E-state index contributed by atoms with van der Waals surface area (Å²) in [6.45, 7) is 1.58. The summed E-state index contributed by atoms with van der Waals surface area (Å²) in [4.78, 5) is 24.7. The number of amidine groups is 1. The van der Waals surface area contributed by atoms with E-state index in [1.807, 2.05) is 0 Å². The van der Waals surface area contributed by atoms with Gasteiger partial charge in [0.1, 0.15) is 34.3 Å². The monoisotopic (exact) mass is 445 g/mol. The van der Waals surface area contributed by atoms with Crippen molar-refractivity contribution in [2.45, 2.75) is 25.4 Å². The number of nitrogens with two attached hydrogens (primary N) is 1. The van der Waals surface area contributed by atoms with Gasteiger partial charge in [0.25, 0.3) is 12.3 Å². The molecule has 12 heteroatoms. The number of alkyl halides is 2. The Kier molecular flexibility index (Phi) is 5.28. The summed E-state index contributed by atoms with van der Waals surface area (Å²) in [5.74, 6) is -0.957. The highest BCUT2D eigenvalue weighted by Gasteiger charge is 2.36. The molecule has 32 heavy (non-hydrogen) atoms. The number of carbonyl (C=O) groups excluding carboxylic acids is 1. The van der Waals surface area contributed by atoms with Crippen molar-refractivity contribution in [1.29, 1.82) is 0 Å². The van der Waals surface area contributed by atoms with Crippen molar-refractivity contribution in [3.63, 3.8) is 0 Å². The molecule has 3 aromatic rings. The zero-order chi connectivity index (χ0) is 23.0. The van der Waals surface area contributed by atoms with Gasteiger partial charge in [-0.1, -0.05) is 0 Å². The van der Waals surface area contributed by atoms with Gasteiger partial charge in [-0.25, -0.2) is 23.1 Å². The number of nitrogens with one attached hydrogen (secondary N) is 1. The zero-order valence-corrected chi connectivity index (χ0v) is 17.0. The lowest BCUT2D eigenvalue weighted by Gasteiger charge is -2.31. The van der Waals surface area contributed by atoms with Crippen LogP contribution >= 0.6 is 0 Å². The topological polar surface area (TPSA) is 120 Å². The Morgan fingerprint density at radius 2 is 2.06 bits per heavy atom. The summed E-state index contributed by atoms with van der Waals surface area (Å²) in [5, 5.41) is 6.48. The number of hydrogen-bond acceptors (Lipinski definition) is 7. The van der Waals surface area contributed by atoms with Crippen LogP contribution in [0, 0.1) is 5.82 Å². The summed E-state index contributed by atoms with van der Waals surface area (Å²) in [7, 11) is 1.42. The maximum atomic E-state index is 14.8. The van der Waals surface area contributed by atoms with Crippen LogP contribution < -0.4 is 15.8 Å². The van der Waals surface area contributed by atoms with Gasteiger partial charge in [-0.15, -0.1) is 0 Å². The molecule has 0 unspecified atom stereocenters. The highest BCUT2D eigenvalue weighted by atomic mass is 19.3. The number of amides is 1. The standard InChI is InChI=1S/C20H18F3N7O2/c1-20(9-30-15(18(24)28-20)6-13(29-30)17(22)23)11-5-10(3-4-12(11)21)27-19(31)14-7-26-16(32-2)8-25-14/h3-8,17H,9H2,1-2H3,(H2,24,28)(H,27,31)/t20-/m0/s1. The normalized spacial score (nSPS) is 17.6. The van der Waals surface area contributed by atoms with Crippen molar-refractivity contribution in [2.24, 2.45) is 10.7 Å². The van der Waals surface area contributed by atoms with Crippen molar-refractivity contribution in [2.75, 3.05) is 12.4 Å². The average molecular weight is 445 g/mol. The maximum absolute atomic E-state index is 14.8. The van der Waals surface area contributed by atoms with E-state index in [2.05, 4.69) is 25.4 Å². The van der Waals surface area contributed by atoms with Gasteiger partial charge in [-0.2, -0.15) is 5.10 Å². The van der Waals surface area contributed by atoms with Crippen molar-refractivity contribution in [3.05, 3.63) is 65.1 Å². The predicted molar refractivity (Wildman–Crippen MR) is 108 cm³/mol. The van der Waals surface area contributed by atoms with Crippen molar-refractivity contribution >= 4 is 17.4 Å². The van der Waals surface area contributed by atoms with Crippen LogP contribution in [0.5, 0.6) is 5.88 Å². The van der Waals surface area contributed by atoms with Crippen molar-refractivity contribution in [1.82, 2.24) is 19.7 Å². The molecule has 0 spiro atoms. The Bertz CT molecular complexity index is 1210. The summed E-state index contributed by atoms with van der Waals surface area (Å²) < 4.78 is 47.0. The summed E-state index contributed by atoms with van der Waals surface area (Å²) in [6.07, 6.45) is -0.240. The molecule has 1 amide bonds. The molecule has 0 radical (unpaired) electrons. The van der Waals surface area contributed by atoms with E-state index in [0.717, 1.165) is 6.07 Å². The molecule has 0 aliphatic carbocycles. The van der Waals surface area contributed by atoms with Crippen LogP contribution in [-0.2, 0) is 12.1 Å². The molecule has 3 heterocycles. The Morgan fingerprint density at radius 3 is 2.72 bits per heavy atom. The van der Waals surface area contributed by atoms with Crippen LogP contribution in [0.25, 0.3) is 0 Å². The number of carbonyl (C=O) groups is 1. The van der Waals surface area contributed by atoms with Crippen LogP contribution in [0.4, 0.5) is 18.9 Å². The first kappa shape index (κ1) is 21.3. The lowest BCUT2D eigenvalue weighted by atomic mass is 9.90. The average Bonchev–Trinajstić information content (AvgIpc) is 3.19. The first-order valence-corrected chi connectivity index (χ1v) is 9.39. The smallest absolute Gasteiger partial charge is 0.282 e. The van der Waals surface area contributed by atoms with E-state index in [1.54, 1.807) is 6.92 Å².